The van der Waals surface area contributed by atoms with Crippen LogP contribution in [0.2, 0.25) is 5.02 Å². The number of anilines is 1. The van der Waals surface area contributed by atoms with Crippen LogP contribution < -0.4 is 10.1 Å². The van der Waals surface area contributed by atoms with Crippen LogP contribution in [0.3, 0.4) is 0 Å². The number of allylic oxidation sites excluding steroid dienone is 1. The zero-order valence-corrected chi connectivity index (χ0v) is 20.7. The number of hydrogen-bond acceptors (Lipinski definition) is 3. The van der Waals surface area contributed by atoms with Crippen molar-refractivity contribution in [3.63, 3.8) is 0 Å². The number of halogens is 3. The van der Waals surface area contributed by atoms with E-state index < -0.39 is 5.91 Å². The predicted molar refractivity (Wildman–Crippen MR) is 137 cm³/mol. The molecule has 34 heavy (non-hydrogen) atoms. The van der Waals surface area contributed by atoms with E-state index in [1.54, 1.807) is 61.5 Å². The Morgan fingerprint density at radius 2 is 2.00 bits per heavy atom. The molecule has 0 aliphatic carbocycles. The second-order valence-corrected chi connectivity index (χ2v) is 8.66. The van der Waals surface area contributed by atoms with E-state index in [0.717, 1.165) is 5.56 Å². The molecule has 0 unspecified atom stereocenters. The van der Waals surface area contributed by atoms with Gasteiger partial charge in [-0.1, -0.05) is 41.9 Å². The maximum atomic E-state index is 14.0. The molecule has 3 aromatic carbocycles. The lowest BCUT2D eigenvalue weighted by Gasteiger charge is -2.14. The second-order valence-electron chi connectivity index (χ2n) is 7.40. The summed E-state index contributed by atoms with van der Waals surface area (Å²) in [6.07, 6.45) is 3.68. The Bertz CT molecular complexity index is 1310. The molecule has 172 valence electrons. The lowest BCUT2D eigenvalue weighted by Crippen LogP contribution is -2.14. The minimum Gasteiger partial charge on any atom is -0.487 e. The Hall–Kier alpha value is -3.40. The highest BCUT2D eigenvalue weighted by Gasteiger charge is 2.15. The number of ether oxygens (including phenoxy) is 1. The summed E-state index contributed by atoms with van der Waals surface area (Å²) in [6.45, 7) is 5.62. The molecule has 0 fully saturated rings. The summed E-state index contributed by atoms with van der Waals surface area (Å²) in [7, 11) is 0. The minimum atomic E-state index is -0.547. The highest BCUT2D eigenvalue weighted by atomic mass is 79.9. The molecule has 4 nitrogen and oxygen atoms in total. The van der Waals surface area contributed by atoms with Crippen LogP contribution in [-0.2, 0) is 17.8 Å². The lowest BCUT2D eigenvalue weighted by molar-refractivity contribution is -0.112. The number of amides is 1. The SMILES string of the molecule is C=CCc1cc(/C=C(/C#N)C(=O)Nc2cccc(Cl)c2C)cc(Br)c1OCc1ccccc1F. The zero-order chi connectivity index (χ0) is 24.7. The molecule has 0 heterocycles. The third-order valence-electron chi connectivity index (χ3n) is 5.03. The highest BCUT2D eigenvalue weighted by Crippen LogP contribution is 2.33. The molecule has 0 aliphatic rings. The van der Waals surface area contributed by atoms with Gasteiger partial charge in [0.05, 0.1) is 4.47 Å². The van der Waals surface area contributed by atoms with Crippen molar-refractivity contribution < 1.29 is 13.9 Å². The Morgan fingerprint density at radius 1 is 1.24 bits per heavy atom. The molecule has 0 aromatic heterocycles. The molecule has 0 saturated heterocycles. The summed E-state index contributed by atoms with van der Waals surface area (Å²) in [5.41, 5.74) is 3.00. The van der Waals surface area contributed by atoms with Crippen molar-refractivity contribution in [3.05, 3.63) is 110 Å². The molecule has 0 atom stereocenters. The molecular weight excluding hydrogens is 519 g/mol. The Balaban J connectivity index is 1.88. The molecule has 0 radical (unpaired) electrons. The summed E-state index contributed by atoms with van der Waals surface area (Å²) >= 11 is 9.62. The van der Waals surface area contributed by atoms with Crippen LogP contribution in [0.15, 0.2) is 77.3 Å². The number of carbonyl (C=O) groups excluding carboxylic acids is 1. The Kier molecular flexibility index (Phi) is 8.64. The second kappa shape index (κ2) is 11.6. The van der Waals surface area contributed by atoms with Gasteiger partial charge in [-0.2, -0.15) is 5.26 Å². The van der Waals surface area contributed by atoms with Crippen molar-refractivity contribution in [3.8, 4) is 11.8 Å². The van der Waals surface area contributed by atoms with Crippen LogP contribution in [0, 0.1) is 24.1 Å². The summed E-state index contributed by atoms with van der Waals surface area (Å²) in [5, 5.41) is 12.8. The number of hydrogen-bond donors (Lipinski definition) is 1. The first kappa shape index (κ1) is 25.2. The van der Waals surface area contributed by atoms with Crippen molar-refractivity contribution in [2.45, 2.75) is 20.0 Å². The van der Waals surface area contributed by atoms with Crippen LogP contribution in [0.5, 0.6) is 5.75 Å². The number of nitriles is 1. The van der Waals surface area contributed by atoms with Crippen LogP contribution >= 0.6 is 27.5 Å². The monoisotopic (exact) mass is 538 g/mol. The number of benzene rings is 3. The van der Waals surface area contributed by atoms with Crippen LogP contribution in [0.1, 0.15) is 22.3 Å². The fourth-order valence-electron chi connectivity index (χ4n) is 3.24. The molecule has 1 N–H and O–H groups in total. The molecule has 0 aliphatic heterocycles. The van der Waals surface area contributed by atoms with Crippen LogP contribution in [-0.4, -0.2) is 5.91 Å². The first-order valence-corrected chi connectivity index (χ1v) is 11.5. The summed E-state index contributed by atoms with van der Waals surface area (Å²) in [5.74, 6) is -0.352. The first-order chi connectivity index (χ1) is 16.3. The van der Waals surface area contributed by atoms with E-state index in [0.29, 0.717) is 44.0 Å². The van der Waals surface area contributed by atoms with E-state index in [9.17, 15) is 14.4 Å². The van der Waals surface area contributed by atoms with Gasteiger partial charge in [0, 0.05) is 16.3 Å². The molecule has 0 saturated carbocycles. The van der Waals surface area contributed by atoms with E-state index in [-0.39, 0.29) is 18.0 Å². The average molecular weight is 540 g/mol. The summed E-state index contributed by atoms with van der Waals surface area (Å²) in [4.78, 5) is 12.7. The van der Waals surface area contributed by atoms with E-state index in [4.69, 9.17) is 16.3 Å². The van der Waals surface area contributed by atoms with E-state index in [2.05, 4.69) is 27.8 Å². The summed E-state index contributed by atoms with van der Waals surface area (Å²) < 4.78 is 20.5. The largest absolute Gasteiger partial charge is 0.487 e. The predicted octanol–water partition coefficient (Wildman–Crippen LogP) is 7.40. The van der Waals surface area contributed by atoms with Crippen LogP contribution in [0.4, 0.5) is 10.1 Å². The van der Waals surface area contributed by atoms with Crippen molar-refractivity contribution in [1.29, 1.82) is 5.26 Å². The lowest BCUT2D eigenvalue weighted by atomic mass is 10.0. The highest BCUT2D eigenvalue weighted by molar-refractivity contribution is 9.10. The standard InChI is InChI=1S/C27H21BrClFN2O2/c1-3-7-19-12-18(14-22(28)26(19)34-16-20-8-4-5-10-24(20)30)13-21(15-31)27(33)32-25-11-6-9-23(29)17(25)2/h3-6,8-14H,1,7,16H2,2H3,(H,32,33)/b21-13-. The fraction of sp³-hybridized carbons (Fsp3) is 0.111. The number of carbonyl (C=O) groups is 1. The topological polar surface area (TPSA) is 62.1 Å². The molecule has 0 bridgehead atoms. The zero-order valence-electron chi connectivity index (χ0n) is 18.4. The van der Waals surface area contributed by atoms with Gasteiger partial charge in [0.2, 0.25) is 0 Å². The molecule has 0 spiro atoms. The summed E-state index contributed by atoms with van der Waals surface area (Å²) in [6, 6.07) is 17.1. The van der Waals surface area contributed by atoms with Gasteiger partial charge < -0.3 is 10.1 Å². The maximum absolute atomic E-state index is 14.0. The molecule has 1 amide bonds. The Labute approximate surface area is 211 Å². The van der Waals surface area contributed by atoms with E-state index >= 15 is 0 Å². The van der Waals surface area contributed by atoms with Crippen LogP contribution in [0.25, 0.3) is 6.08 Å². The van der Waals surface area contributed by atoms with Gasteiger partial charge in [0.25, 0.3) is 5.91 Å². The quantitative estimate of drug-likeness (QED) is 0.184. The van der Waals surface area contributed by atoms with E-state index in [1.165, 1.54) is 12.1 Å². The van der Waals surface area contributed by atoms with Gasteiger partial charge in [0.1, 0.15) is 29.8 Å². The van der Waals surface area contributed by atoms with Gasteiger partial charge >= 0.3 is 0 Å². The fourth-order valence-corrected chi connectivity index (χ4v) is 4.05. The van der Waals surface area contributed by atoms with Gasteiger partial charge in [-0.3, -0.25) is 4.79 Å². The van der Waals surface area contributed by atoms with E-state index in [1.807, 2.05) is 6.07 Å². The van der Waals surface area contributed by atoms with Gasteiger partial charge in [-0.15, -0.1) is 6.58 Å². The smallest absolute Gasteiger partial charge is 0.266 e. The first-order valence-electron chi connectivity index (χ1n) is 10.3. The average Bonchev–Trinajstić information content (AvgIpc) is 2.81. The number of rotatable bonds is 8. The van der Waals surface area contributed by atoms with Crippen molar-refractivity contribution in [2.24, 2.45) is 0 Å². The molecular formula is C27H21BrClFN2O2. The third kappa shape index (κ3) is 6.13. The molecule has 7 heteroatoms. The molecule has 3 rings (SSSR count). The van der Waals surface area contributed by atoms with Crippen molar-refractivity contribution >= 4 is 45.2 Å². The maximum Gasteiger partial charge on any atom is 0.266 e. The normalized spacial score (nSPS) is 11.0. The van der Waals surface area contributed by atoms with Crippen molar-refractivity contribution in [1.82, 2.24) is 0 Å². The molecule has 3 aromatic rings. The van der Waals surface area contributed by atoms with Crippen molar-refractivity contribution in [2.75, 3.05) is 5.32 Å². The Morgan fingerprint density at radius 3 is 2.71 bits per heavy atom. The van der Waals surface area contributed by atoms with Gasteiger partial charge in [0.15, 0.2) is 0 Å². The minimum absolute atomic E-state index is 0.0510. The third-order valence-corrected chi connectivity index (χ3v) is 6.03. The number of nitrogens with zero attached hydrogens (tertiary/aromatic N) is 1. The van der Waals surface area contributed by atoms with Gasteiger partial charge in [-0.25, -0.2) is 4.39 Å². The number of nitrogens with one attached hydrogen (secondary N) is 1. The van der Waals surface area contributed by atoms with Gasteiger partial charge in [-0.05, 0) is 82.4 Å².